The van der Waals surface area contributed by atoms with E-state index in [0.29, 0.717) is 17.5 Å². The molecule has 4 rings (SSSR count). The van der Waals surface area contributed by atoms with Gasteiger partial charge in [0.1, 0.15) is 0 Å². The van der Waals surface area contributed by atoms with Gasteiger partial charge in [-0.1, -0.05) is 36.4 Å². The van der Waals surface area contributed by atoms with Gasteiger partial charge in [-0.2, -0.15) is 0 Å². The molecule has 0 atom stereocenters. The topological polar surface area (TPSA) is 49.2 Å². The summed E-state index contributed by atoms with van der Waals surface area (Å²) in [4.78, 5) is 16.6. The second kappa shape index (κ2) is 8.13. The van der Waals surface area contributed by atoms with Crippen molar-refractivity contribution in [3.63, 3.8) is 0 Å². The van der Waals surface area contributed by atoms with Crippen LogP contribution >= 0.6 is 0 Å². The van der Waals surface area contributed by atoms with Gasteiger partial charge in [0.2, 0.25) is 0 Å². The molecular weight excluding hydrogens is 336 g/mol. The monoisotopic (exact) mass is 364 g/mol. The zero-order chi connectivity index (χ0) is 18.6. The fourth-order valence-corrected chi connectivity index (χ4v) is 4.43. The van der Waals surface area contributed by atoms with E-state index in [1.165, 1.54) is 43.2 Å². The maximum atomic E-state index is 11.3. The zero-order valence-corrected chi connectivity index (χ0v) is 16.0. The second-order valence-electron chi connectivity index (χ2n) is 7.85. The molecule has 3 aromatic rings. The van der Waals surface area contributed by atoms with E-state index in [1.807, 2.05) is 12.1 Å². The lowest BCUT2D eigenvalue weighted by molar-refractivity contribution is 0.181. The first kappa shape index (κ1) is 18.1. The van der Waals surface area contributed by atoms with Gasteiger partial charge in [0.15, 0.2) is 5.58 Å². The van der Waals surface area contributed by atoms with Gasteiger partial charge in [0, 0.05) is 6.04 Å². The molecule has 1 fully saturated rings. The van der Waals surface area contributed by atoms with Crippen LogP contribution in [0.4, 0.5) is 0 Å². The van der Waals surface area contributed by atoms with Crippen molar-refractivity contribution in [2.75, 3.05) is 13.6 Å². The molecule has 1 heterocycles. The Kier molecular flexibility index (Phi) is 5.44. The van der Waals surface area contributed by atoms with Crippen molar-refractivity contribution in [1.29, 1.82) is 0 Å². The number of hydrogen-bond acceptors (Lipinski definition) is 3. The summed E-state index contributed by atoms with van der Waals surface area (Å²) < 4.78 is 5.22. The van der Waals surface area contributed by atoms with Gasteiger partial charge in [-0.25, -0.2) is 4.79 Å². The summed E-state index contributed by atoms with van der Waals surface area (Å²) in [5.74, 6) is 0.201. The van der Waals surface area contributed by atoms with Crippen LogP contribution in [0.1, 0.15) is 49.1 Å². The summed E-state index contributed by atoms with van der Waals surface area (Å²) in [6, 6.07) is 17.6. The van der Waals surface area contributed by atoms with Gasteiger partial charge in [0.25, 0.3) is 0 Å². The number of aryl methyl sites for hydroxylation is 1. The third-order valence-electron chi connectivity index (χ3n) is 6.06. The Morgan fingerprint density at radius 2 is 1.85 bits per heavy atom. The number of aromatic amines is 1. The molecule has 0 amide bonds. The number of oxazole rings is 1. The summed E-state index contributed by atoms with van der Waals surface area (Å²) in [7, 11) is 2.27. The molecular formula is C23H28N2O2. The molecule has 2 aromatic carbocycles. The number of aromatic nitrogens is 1. The highest BCUT2D eigenvalue weighted by Gasteiger charge is 2.25. The smallest absolute Gasteiger partial charge is 0.408 e. The van der Waals surface area contributed by atoms with Crippen LogP contribution in [0.25, 0.3) is 11.1 Å². The second-order valence-corrected chi connectivity index (χ2v) is 7.85. The van der Waals surface area contributed by atoms with Crippen LogP contribution in [0, 0.1) is 0 Å². The molecule has 27 heavy (non-hydrogen) atoms. The lowest BCUT2D eigenvalue weighted by atomic mass is 9.81. The van der Waals surface area contributed by atoms with Crippen molar-refractivity contribution < 1.29 is 4.42 Å². The quantitative estimate of drug-likeness (QED) is 0.689. The van der Waals surface area contributed by atoms with Crippen LogP contribution in [0.3, 0.4) is 0 Å². The molecule has 0 bridgehead atoms. The Morgan fingerprint density at radius 3 is 2.63 bits per heavy atom. The molecule has 1 aliphatic carbocycles. The Balaban J connectivity index is 1.28. The zero-order valence-electron chi connectivity index (χ0n) is 16.0. The first-order valence-corrected chi connectivity index (χ1v) is 10.1. The molecule has 4 nitrogen and oxygen atoms in total. The number of fused-ring (bicyclic) bond motifs is 1. The van der Waals surface area contributed by atoms with E-state index in [4.69, 9.17) is 4.42 Å². The fourth-order valence-electron chi connectivity index (χ4n) is 4.43. The summed E-state index contributed by atoms with van der Waals surface area (Å²) in [6.45, 7) is 1.16. The molecule has 0 spiro atoms. The van der Waals surface area contributed by atoms with E-state index in [2.05, 4.69) is 53.3 Å². The van der Waals surface area contributed by atoms with Crippen LogP contribution in [-0.2, 0) is 6.42 Å². The Bertz CT molecular complexity index is 920. The highest BCUT2D eigenvalue weighted by atomic mass is 16.4. The first-order valence-electron chi connectivity index (χ1n) is 10.1. The van der Waals surface area contributed by atoms with Crippen LogP contribution in [0.15, 0.2) is 57.7 Å². The van der Waals surface area contributed by atoms with Crippen molar-refractivity contribution in [3.05, 3.63) is 70.2 Å². The van der Waals surface area contributed by atoms with E-state index in [1.54, 1.807) is 0 Å². The number of rotatable bonds is 6. The maximum absolute atomic E-state index is 11.3. The minimum absolute atomic E-state index is 0.372. The van der Waals surface area contributed by atoms with Crippen LogP contribution in [0.5, 0.6) is 0 Å². The van der Waals surface area contributed by atoms with Crippen LogP contribution in [0.2, 0.25) is 0 Å². The predicted molar refractivity (Wildman–Crippen MR) is 109 cm³/mol. The van der Waals surface area contributed by atoms with Crippen molar-refractivity contribution in [1.82, 2.24) is 9.88 Å². The lowest BCUT2D eigenvalue weighted by Gasteiger charge is -2.35. The van der Waals surface area contributed by atoms with Crippen molar-refractivity contribution >= 4 is 11.1 Å². The third-order valence-corrected chi connectivity index (χ3v) is 6.06. The fraction of sp³-hybridized carbons (Fsp3) is 0.435. The van der Waals surface area contributed by atoms with Crippen LogP contribution in [-0.4, -0.2) is 29.5 Å². The van der Waals surface area contributed by atoms with E-state index >= 15 is 0 Å². The van der Waals surface area contributed by atoms with E-state index in [-0.39, 0.29) is 5.76 Å². The molecule has 142 valence electrons. The number of benzene rings is 2. The maximum Gasteiger partial charge on any atom is 0.417 e. The number of nitrogens with one attached hydrogen (secondary N) is 1. The van der Waals surface area contributed by atoms with Crippen LogP contribution < -0.4 is 5.76 Å². The van der Waals surface area contributed by atoms with Gasteiger partial charge in [-0.3, -0.25) is 4.98 Å². The molecule has 0 saturated heterocycles. The highest BCUT2D eigenvalue weighted by molar-refractivity contribution is 5.72. The largest absolute Gasteiger partial charge is 0.417 e. The Morgan fingerprint density at radius 1 is 1.07 bits per heavy atom. The van der Waals surface area contributed by atoms with E-state index < -0.39 is 0 Å². The molecule has 1 saturated carbocycles. The minimum atomic E-state index is -0.372. The molecule has 1 N–H and O–H groups in total. The third kappa shape index (κ3) is 4.33. The minimum Gasteiger partial charge on any atom is -0.408 e. The number of H-pyrrole nitrogens is 1. The molecule has 0 unspecified atom stereocenters. The molecule has 0 radical (unpaired) electrons. The summed E-state index contributed by atoms with van der Waals surface area (Å²) in [6.07, 6.45) is 7.25. The SMILES string of the molecule is CN(CCCc1ccccc1)[C@H]1CC[C@H](c2ccc3[nH]c(=O)oc3c2)CC1. The summed E-state index contributed by atoms with van der Waals surface area (Å²) in [5, 5.41) is 0. The average Bonchev–Trinajstić information content (AvgIpc) is 3.08. The van der Waals surface area contributed by atoms with Gasteiger partial charge < -0.3 is 9.32 Å². The molecule has 4 heteroatoms. The molecule has 0 aliphatic heterocycles. The Labute approximate surface area is 160 Å². The average molecular weight is 364 g/mol. The highest BCUT2D eigenvalue weighted by Crippen LogP contribution is 2.35. The van der Waals surface area contributed by atoms with Crippen molar-refractivity contribution in [3.8, 4) is 0 Å². The summed E-state index contributed by atoms with van der Waals surface area (Å²) in [5.41, 5.74) is 4.20. The van der Waals surface area contributed by atoms with E-state index in [0.717, 1.165) is 18.5 Å². The number of hydrogen-bond donors (Lipinski definition) is 1. The van der Waals surface area contributed by atoms with Gasteiger partial charge in [-0.05, 0) is 81.3 Å². The van der Waals surface area contributed by atoms with Crippen molar-refractivity contribution in [2.24, 2.45) is 0 Å². The van der Waals surface area contributed by atoms with Gasteiger partial charge in [0.05, 0.1) is 5.52 Å². The lowest BCUT2D eigenvalue weighted by Crippen LogP contribution is -2.35. The number of nitrogens with zero attached hydrogens (tertiary/aromatic N) is 1. The molecule has 1 aromatic heterocycles. The predicted octanol–water partition coefficient (Wildman–Crippen LogP) is 4.71. The summed E-state index contributed by atoms with van der Waals surface area (Å²) >= 11 is 0. The van der Waals surface area contributed by atoms with Gasteiger partial charge >= 0.3 is 5.76 Å². The standard InChI is InChI=1S/C23H28N2O2/c1-25(15-5-8-17-6-3-2-4-7-17)20-12-9-18(10-13-20)19-11-14-21-22(16-19)27-23(26)24-21/h2-4,6-7,11,14,16,18,20H,5,8-10,12-13,15H2,1H3,(H,24,26)/t18-,20-. The normalized spacial score (nSPS) is 20.4. The first-order chi connectivity index (χ1) is 13.2. The Hall–Kier alpha value is -2.33. The molecule has 1 aliphatic rings. The van der Waals surface area contributed by atoms with Crippen molar-refractivity contribution in [2.45, 2.75) is 50.5 Å². The van der Waals surface area contributed by atoms with E-state index in [9.17, 15) is 4.79 Å². The van der Waals surface area contributed by atoms with Gasteiger partial charge in [-0.15, -0.1) is 0 Å².